The summed E-state index contributed by atoms with van der Waals surface area (Å²) in [6, 6.07) is -0.775. The Labute approximate surface area is 476 Å². The van der Waals surface area contributed by atoms with Crippen molar-refractivity contribution in [3.05, 3.63) is 109 Å². The number of aliphatic hydroxyl groups excluding tert-OH is 1. The number of rotatable bonds is 57. The molecule has 0 spiro atoms. The molecular weight excluding hydrogens is 972 g/mol. The Kier molecular flexibility index (Phi) is 55.7. The molecule has 0 bridgehead atoms. The third kappa shape index (κ3) is 60.6. The summed E-state index contributed by atoms with van der Waals surface area (Å²) < 4.78 is 23.8. The number of quaternary nitrogens is 1. The molecule has 0 aromatic rings. The molecule has 1 amide bonds. The molecule has 0 rings (SSSR count). The Hall–Kier alpha value is -2.84. The van der Waals surface area contributed by atoms with Crippen LogP contribution in [0, 0.1) is 0 Å². The number of likely N-dealkylation sites (N-methyl/N-ethyl adjacent to an activating group) is 1. The van der Waals surface area contributed by atoms with Gasteiger partial charge in [-0.1, -0.05) is 284 Å². The topological polar surface area (TPSA) is 105 Å². The highest BCUT2D eigenvalue weighted by atomic mass is 31.2. The van der Waals surface area contributed by atoms with Crippen molar-refractivity contribution in [1.82, 2.24) is 5.32 Å². The monoisotopic (exact) mass is 1090 g/mol. The van der Waals surface area contributed by atoms with Crippen LogP contribution in [-0.2, 0) is 18.4 Å². The first kappa shape index (κ1) is 74.2. The minimum atomic E-state index is -4.34. The van der Waals surface area contributed by atoms with Crippen molar-refractivity contribution in [2.24, 2.45) is 0 Å². The van der Waals surface area contributed by atoms with Crippen LogP contribution in [0.15, 0.2) is 109 Å². The van der Waals surface area contributed by atoms with Crippen LogP contribution in [0.2, 0.25) is 0 Å². The van der Waals surface area contributed by atoms with E-state index in [4.69, 9.17) is 9.05 Å². The lowest BCUT2D eigenvalue weighted by atomic mass is 10.0. The molecule has 3 unspecified atom stereocenters. The second-order valence-corrected chi connectivity index (χ2v) is 23.9. The molecule has 0 aromatic heterocycles. The maximum Gasteiger partial charge on any atom is 0.472 e. The maximum absolute atomic E-state index is 13.0. The van der Waals surface area contributed by atoms with Crippen LogP contribution in [0.1, 0.15) is 264 Å². The maximum atomic E-state index is 13.0. The molecule has 0 heterocycles. The number of nitrogens with one attached hydrogen (secondary N) is 1. The van der Waals surface area contributed by atoms with E-state index in [2.05, 4.69) is 129 Å². The number of hydrogen-bond acceptors (Lipinski definition) is 5. The summed E-state index contributed by atoms with van der Waals surface area (Å²) in [7, 11) is 1.60. The first-order valence-corrected chi connectivity index (χ1v) is 33.2. The van der Waals surface area contributed by atoms with Gasteiger partial charge in [0.1, 0.15) is 13.2 Å². The zero-order valence-electron chi connectivity index (χ0n) is 50.7. The number of amides is 1. The second-order valence-electron chi connectivity index (χ2n) is 22.4. The fraction of sp³-hybridized carbons (Fsp3) is 0.721. The van der Waals surface area contributed by atoms with Gasteiger partial charge in [0, 0.05) is 6.42 Å². The highest BCUT2D eigenvalue weighted by Gasteiger charge is 2.28. The van der Waals surface area contributed by atoms with Crippen LogP contribution in [0.5, 0.6) is 0 Å². The summed E-state index contributed by atoms with van der Waals surface area (Å²) in [6.45, 7) is 4.78. The van der Waals surface area contributed by atoms with Gasteiger partial charge in [-0.05, 0) is 83.5 Å². The zero-order chi connectivity index (χ0) is 56.3. The molecule has 0 radical (unpaired) electrons. The van der Waals surface area contributed by atoms with Crippen LogP contribution in [0.4, 0.5) is 0 Å². The summed E-state index contributed by atoms with van der Waals surface area (Å²) in [4.78, 5) is 23.4. The van der Waals surface area contributed by atoms with Gasteiger partial charge in [-0.2, -0.15) is 0 Å². The quantitative estimate of drug-likeness (QED) is 0.0243. The third-order valence-corrected chi connectivity index (χ3v) is 14.8. The van der Waals surface area contributed by atoms with Crippen LogP contribution < -0.4 is 5.32 Å². The van der Waals surface area contributed by atoms with E-state index >= 15 is 0 Å². The van der Waals surface area contributed by atoms with E-state index in [1.807, 2.05) is 21.1 Å². The normalized spacial score (nSPS) is 14.5. The van der Waals surface area contributed by atoms with Gasteiger partial charge in [0.2, 0.25) is 5.91 Å². The molecule has 0 fully saturated rings. The van der Waals surface area contributed by atoms with Crippen molar-refractivity contribution in [2.75, 3.05) is 40.9 Å². The highest BCUT2D eigenvalue weighted by molar-refractivity contribution is 7.47. The van der Waals surface area contributed by atoms with Gasteiger partial charge in [-0.15, -0.1) is 0 Å². The van der Waals surface area contributed by atoms with Gasteiger partial charge in [0.05, 0.1) is 39.9 Å². The Balaban J connectivity index is 4.17. The average molecular weight is 1090 g/mol. The van der Waals surface area contributed by atoms with Crippen LogP contribution in [-0.4, -0.2) is 73.4 Å². The van der Waals surface area contributed by atoms with Crippen molar-refractivity contribution in [1.29, 1.82) is 0 Å². The molecular formula is C68H122N2O6P+. The van der Waals surface area contributed by atoms with Crippen molar-refractivity contribution in [2.45, 2.75) is 276 Å². The van der Waals surface area contributed by atoms with E-state index in [-0.39, 0.29) is 19.1 Å². The Morgan fingerprint density at radius 1 is 0.455 bits per heavy atom. The largest absolute Gasteiger partial charge is 0.472 e. The zero-order valence-corrected chi connectivity index (χ0v) is 51.6. The van der Waals surface area contributed by atoms with Gasteiger partial charge in [-0.3, -0.25) is 13.8 Å². The molecule has 77 heavy (non-hydrogen) atoms. The molecule has 0 saturated carbocycles. The summed E-state index contributed by atoms with van der Waals surface area (Å²) in [5.41, 5.74) is 0. The first-order valence-electron chi connectivity index (χ1n) is 31.8. The van der Waals surface area contributed by atoms with Crippen LogP contribution in [0.3, 0.4) is 0 Å². The van der Waals surface area contributed by atoms with Gasteiger partial charge in [-0.25, -0.2) is 4.57 Å². The van der Waals surface area contributed by atoms with Crippen molar-refractivity contribution >= 4 is 13.7 Å². The van der Waals surface area contributed by atoms with Crippen molar-refractivity contribution in [3.8, 4) is 0 Å². The smallest absolute Gasteiger partial charge is 0.391 e. The fourth-order valence-corrected chi connectivity index (χ4v) is 9.60. The average Bonchev–Trinajstić information content (AvgIpc) is 3.39. The minimum absolute atomic E-state index is 0.0674. The summed E-state index contributed by atoms with van der Waals surface area (Å²) >= 11 is 0. The van der Waals surface area contributed by atoms with Gasteiger partial charge < -0.3 is 19.8 Å². The van der Waals surface area contributed by atoms with Gasteiger partial charge >= 0.3 is 7.82 Å². The standard InChI is InChI=1S/C68H121N2O6P/c1-6-8-10-12-14-16-18-20-22-24-26-28-29-30-31-32-33-34-35-36-37-38-39-40-41-42-44-46-48-50-52-54-56-58-60-62-68(72)69-66(65-76-77(73,74)75-64-63-70(3,4)5)67(71)61-59-57-55-53-51-49-47-45-43-27-25-23-21-19-17-15-13-11-9-7-2/h8,10,14,16,20,22,26,28,30-31,33-34,36-37,39-40,42,44,66-67,71H,6-7,9,11-13,15,17-19,21,23-25,27,29,32,35,38,41,43,45-65H2,1-5H3,(H-,69,72,73,74)/p+1/b10-8-,16-14-,22-20-,28-26-,31-30-,34-33-,37-36-,40-39-,44-42-. The van der Waals surface area contributed by atoms with Gasteiger partial charge in [0.25, 0.3) is 0 Å². The molecule has 0 saturated heterocycles. The number of phosphoric acid groups is 1. The fourth-order valence-electron chi connectivity index (χ4n) is 8.86. The summed E-state index contributed by atoms with van der Waals surface area (Å²) in [5.74, 6) is -0.158. The Morgan fingerprint density at radius 3 is 1.14 bits per heavy atom. The lowest BCUT2D eigenvalue weighted by Crippen LogP contribution is -2.46. The number of unbranched alkanes of at least 4 members (excludes halogenated alkanes) is 26. The molecule has 9 heteroatoms. The highest BCUT2D eigenvalue weighted by Crippen LogP contribution is 2.43. The van der Waals surface area contributed by atoms with Gasteiger partial charge in [0.15, 0.2) is 0 Å². The third-order valence-electron chi connectivity index (χ3n) is 13.8. The predicted molar refractivity (Wildman–Crippen MR) is 336 cm³/mol. The number of phosphoric ester groups is 1. The molecule has 444 valence electrons. The van der Waals surface area contributed by atoms with E-state index in [0.29, 0.717) is 23.9 Å². The van der Waals surface area contributed by atoms with E-state index in [1.54, 1.807) is 0 Å². The molecule has 0 aliphatic rings. The van der Waals surface area contributed by atoms with E-state index in [9.17, 15) is 19.4 Å². The number of hydrogen-bond donors (Lipinski definition) is 3. The van der Waals surface area contributed by atoms with E-state index in [1.165, 1.54) is 128 Å². The van der Waals surface area contributed by atoms with Crippen molar-refractivity contribution < 1.29 is 32.9 Å². The number of nitrogens with zero attached hydrogens (tertiary/aromatic N) is 1. The van der Waals surface area contributed by atoms with E-state index < -0.39 is 20.0 Å². The van der Waals surface area contributed by atoms with Crippen molar-refractivity contribution in [3.63, 3.8) is 0 Å². The summed E-state index contributed by atoms with van der Waals surface area (Å²) in [6.07, 6.45) is 84.4. The van der Waals surface area contributed by atoms with Crippen LogP contribution in [0.25, 0.3) is 0 Å². The Morgan fingerprint density at radius 2 is 0.779 bits per heavy atom. The molecule has 8 nitrogen and oxygen atoms in total. The Bertz CT molecular complexity index is 1620. The van der Waals surface area contributed by atoms with Crippen LogP contribution >= 0.6 is 7.82 Å². The molecule has 3 N–H and O–H groups in total. The summed E-state index contributed by atoms with van der Waals surface area (Å²) in [5, 5.41) is 14.1. The molecule has 3 atom stereocenters. The second kappa shape index (κ2) is 57.8. The number of allylic oxidation sites excluding steroid dienone is 18. The molecule has 0 aliphatic carbocycles. The minimum Gasteiger partial charge on any atom is -0.391 e. The molecule has 0 aliphatic heterocycles. The number of carbonyl (C=O) groups excluding carboxylic acids is 1. The number of carbonyl (C=O) groups is 1. The molecule has 0 aromatic carbocycles. The first-order chi connectivity index (χ1) is 37.5. The SMILES string of the molecule is CC/C=C\C/C=C\C/C=C\C/C=C\C/C=C\C/C=C\C/C=C\C/C=C\C/C=C\CCCCCCCCCC(=O)NC(COP(=O)(O)OCC[N+](C)(C)C)C(O)CCCCCCCCCCCCCCCCCCCCCC. The number of aliphatic hydroxyl groups is 1. The lowest BCUT2D eigenvalue weighted by molar-refractivity contribution is -0.870. The lowest BCUT2D eigenvalue weighted by Gasteiger charge is -2.26. The predicted octanol–water partition coefficient (Wildman–Crippen LogP) is 19.9. The van der Waals surface area contributed by atoms with E-state index in [0.717, 1.165) is 109 Å².